The molecule has 4 heterocycles. The topological polar surface area (TPSA) is 81.8 Å². The number of carbonyl (C=O) groups is 3. The highest BCUT2D eigenvalue weighted by Crippen LogP contribution is 2.39. The number of carbonyl (C=O) groups excluding carboxylic acids is 3. The fraction of sp³-hybridized carbons (Fsp3) is 0.609. The van der Waals surface area contributed by atoms with Crippen LogP contribution in [0.25, 0.3) is 0 Å². The van der Waals surface area contributed by atoms with Crippen LogP contribution in [0.5, 0.6) is 0 Å². The number of imide groups is 1. The smallest absolute Gasteiger partial charge is 0.255 e. The van der Waals surface area contributed by atoms with E-state index in [0.29, 0.717) is 23.9 Å². The van der Waals surface area contributed by atoms with Gasteiger partial charge < -0.3 is 10.2 Å². The van der Waals surface area contributed by atoms with Crippen LogP contribution in [0.2, 0.25) is 0 Å². The number of nitrogens with one attached hydrogen (secondary N) is 2. The Balaban J connectivity index is 1.23. The summed E-state index contributed by atoms with van der Waals surface area (Å²) in [6, 6.07) is 5.62. The monoisotopic (exact) mass is 410 g/mol. The molecule has 3 amide bonds. The van der Waals surface area contributed by atoms with Gasteiger partial charge in [0.2, 0.25) is 11.8 Å². The Morgan fingerprint density at radius 1 is 1.03 bits per heavy atom. The number of hydrogen-bond acceptors (Lipinski definition) is 5. The van der Waals surface area contributed by atoms with E-state index in [-0.39, 0.29) is 24.1 Å². The maximum absolute atomic E-state index is 13.0. The summed E-state index contributed by atoms with van der Waals surface area (Å²) in [5.74, 6) is -0.697. The number of benzene rings is 1. The maximum Gasteiger partial charge on any atom is 0.255 e. The first-order valence-corrected chi connectivity index (χ1v) is 11.2. The Kier molecular flexibility index (Phi) is 5.11. The first-order valence-electron chi connectivity index (χ1n) is 11.2. The molecule has 0 radical (unpaired) electrons. The number of rotatable bonds is 3. The van der Waals surface area contributed by atoms with Gasteiger partial charge in [-0.25, -0.2) is 0 Å². The zero-order valence-corrected chi connectivity index (χ0v) is 17.4. The summed E-state index contributed by atoms with van der Waals surface area (Å²) < 4.78 is 0. The third-order valence-electron chi connectivity index (χ3n) is 7.58. The summed E-state index contributed by atoms with van der Waals surface area (Å²) in [7, 11) is 0. The van der Waals surface area contributed by atoms with Crippen molar-refractivity contribution < 1.29 is 14.4 Å². The second-order valence-corrected chi connectivity index (χ2v) is 9.42. The van der Waals surface area contributed by atoms with Gasteiger partial charge in [0.15, 0.2) is 0 Å². The molecule has 1 atom stereocenters. The fourth-order valence-electron chi connectivity index (χ4n) is 5.60. The van der Waals surface area contributed by atoms with Gasteiger partial charge in [-0.05, 0) is 80.9 Å². The van der Waals surface area contributed by atoms with E-state index in [9.17, 15) is 14.4 Å². The molecule has 3 saturated heterocycles. The highest BCUT2D eigenvalue weighted by atomic mass is 16.2. The number of likely N-dealkylation sites (tertiary alicyclic amines) is 1. The fourth-order valence-corrected chi connectivity index (χ4v) is 5.60. The van der Waals surface area contributed by atoms with Crippen molar-refractivity contribution in [2.45, 2.75) is 57.7 Å². The molecule has 5 rings (SSSR count). The second-order valence-electron chi connectivity index (χ2n) is 9.42. The van der Waals surface area contributed by atoms with E-state index in [4.69, 9.17) is 0 Å². The maximum atomic E-state index is 13.0. The first-order chi connectivity index (χ1) is 14.5. The lowest BCUT2D eigenvalue weighted by atomic mass is 9.71. The molecule has 7 nitrogen and oxygen atoms in total. The van der Waals surface area contributed by atoms with E-state index in [0.717, 1.165) is 43.9 Å². The molecule has 2 N–H and O–H groups in total. The van der Waals surface area contributed by atoms with Crippen molar-refractivity contribution in [2.75, 3.05) is 26.2 Å². The number of nitrogens with zero attached hydrogens (tertiary/aromatic N) is 2. The van der Waals surface area contributed by atoms with Gasteiger partial charge in [-0.1, -0.05) is 12.1 Å². The molecule has 1 unspecified atom stereocenters. The molecular weight excluding hydrogens is 380 g/mol. The SMILES string of the molecule is O=C1CCC(N2Cc3ccc(CN4CCC5(CCNCC5)CC4)cc3C2=O)C(=O)N1. The minimum absolute atomic E-state index is 0.0892. The average Bonchev–Trinajstić information content (AvgIpc) is 3.07. The van der Waals surface area contributed by atoms with Crippen molar-refractivity contribution in [1.82, 2.24) is 20.4 Å². The highest BCUT2D eigenvalue weighted by Gasteiger charge is 2.39. The Morgan fingerprint density at radius 3 is 2.53 bits per heavy atom. The lowest BCUT2D eigenvalue weighted by Gasteiger charge is -2.44. The standard InChI is InChI=1S/C23H30N4O3/c28-20-4-3-19(21(29)25-20)27-15-17-2-1-16(13-18(17)22(27)30)14-26-11-7-23(8-12-26)5-9-24-10-6-23/h1-2,13,19,24H,3-12,14-15H2,(H,25,28,29). The first kappa shape index (κ1) is 19.7. The van der Waals surface area contributed by atoms with Gasteiger partial charge >= 0.3 is 0 Å². The second kappa shape index (κ2) is 7.78. The van der Waals surface area contributed by atoms with Crippen molar-refractivity contribution in [2.24, 2.45) is 5.41 Å². The molecule has 0 saturated carbocycles. The Labute approximate surface area is 177 Å². The zero-order valence-electron chi connectivity index (χ0n) is 17.4. The van der Waals surface area contributed by atoms with Crippen LogP contribution in [-0.2, 0) is 22.7 Å². The molecule has 1 aromatic rings. The van der Waals surface area contributed by atoms with Crippen molar-refractivity contribution >= 4 is 17.7 Å². The number of amides is 3. The summed E-state index contributed by atoms with van der Waals surface area (Å²) in [5.41, 5.74) is 3.39. The van der Waals surface area contributed by atoms with E-state index >= 15 is 0 Å². The van der Waals surface area contributed by atoms with Crippen LogP contribution in [0.15, 0.2) is 18.2 Å². The molecule has 4 aliphatic rings. The predicted molar refractivity (Wildman–Crippen MR) is 112 cm³/mol. The van der Waals surface area contributed by atoms with Crippen LogP contribution in [0.4, 0.5) is 0 Å². The average molecular weight is 411 g/mol. The molecule has 4 aliphatic heterocycles. The van der Waals surface area contributed by atoms with Crippen molar-refractivity contribution in [3.63, 3.8) is 0 Å². The number of fused-ring (bicyclic) bond motifs is 1. The molecule has 30 heavy (non-hydrogen) atoms. The van der Waals surface area contributed by atoms with Crippen molar-refractivity contribution in [3.05, 3.63) is 34.9 Å². The quantitative estimate of drug-likeness (QED) is 0.737. The largest absolute Gasteiger partial charge is 0.322 e. The van der Waals surface area contributed by atoms with Crippen LogP contribution in [0, 0.1) is 5.41 Å². The highest BCUT2D eigenvalue weighted by molar-refractivity contribution is 6.05. The van der Waals surface area contributed by atoms with Gasteiger partial charge in [0.05, 0.1) is 0 Å². The summed E-state index contributed by atoms with van der Waals surface area (Å²) in [4.78, 5) is 40.8. The van der Waals surface area contributed by atoms with Crippen molar-refractivity contribution in [1.29, 1.82) is 0 Å². The number of hydrogen-bond donors (Lipinski definition) is 2. The molecule has 0 aromatic heterocycles. The van der Waals surface area contributed by atoms with Crippen LogP contribution in [0.3, 0.4) is 0 Å². The third-order valence-corrected chi connectivity index (χ3v) is 7.58. The Bertz CT molecular complexity index is 867. The zero-order chi connectivity index (χ0) is 20.7. The van der Waals surface area contributed by atoms with E-state index in [1.165, 1.54) is 25.7 Å². The van der Waals surface area contributed by atoms with Gasteiger partial charge in [-0.15, -0.1) is 0 Å². The van der Waals surface area contributed by atoms with Crippen molar-refractivity contribution in [3.8, 4) is 0 Å². The van der Waals surface area contributed by atoms with E-state index in [2.05, 4.69) is 21.6 Å². The predicted octanol–water partition coefficient (Wildman–Crippen LogP) is 1.41. The van der Waals surface area contributed by atoms with Crippen LogP contribution >= 0.6 is 0 Å². The molecule has 1 spiro atoms. The molecule has 160 valence electrons. The summed E-state index contributed by atoms with van der Waals surface area (Å²) in [5, 5.41) is 5.84. The normalized spacial score (nSPS) is 26.7. The van der Waals surface area contributed by atoms with Gasteiger partial charge in [0.25, 0.3) is 5.91 Å². The molecule has 7 heteroatoms. The van der Waals surface area contributed by atoms with Gasteiger partial charge in [0.1, 0.15) is 6.04 Å². The summed E-state index contributed by atoms with van der Waals surface area (Å²) in [6.07, 6.45) is 5.81. The molecule has 1 aromatic carbocycles. The van der Waals surface area contributed by atoms with Gasteiger partial charge in [0, 0.05) is 25.1 Å². The van der Waals surface area contributed by atoms with E-state index in [1.54, 1.807) is 4.90 Å². The van der Waals surface area contributed by atoms with Gasteiger partial charge in [-0.3, -0.25) is 24.6 Å². The van der Waals surface area contributed by atoms with E-state index < -0.39 is 6.04 Å². The molecular formula is C23H30N4O3. The van der Waals surface area contributed by atoms with Gasteiger partial charge in [-0.2, -0.15) is 0 Å². The Morgan fingerprint density at radius 2 is 1.80 bits per heavy atom. The lowest BCUT2D eigenvalue weighted by molar-refractivity contribution is -0.136. The van der Waals surface area contributed by atoms with E-state index in [1.807, 2.05) is 12.1 Å². The number of piperidine rings is 3. The molecule has 0 aliphatic carbocycles. The molecule has 3 fully saturated rings. The van der Waals surface area contributed by atoms with Crippen LogP contribution in [0.1, 0.15) is 60.0 Å². The summed E-state index contributed by atoms with van der Waals surface area (Å²) in [6.45, 7) is 5.85. The minimum atomic E-state index is -0.547. The summed E-state index contributed by atoms with van der Waals surface area (Å²) >= 11 is 0. The lowest BCUT2D eigenvalue weighted by Crippen LogP contribution is -2.52. The minimum Gasteiger partial charge on any atom is -0.322 e. The third kappa shape index (κ3) is 3.65. The Hall–Kier alpha value is -2.25. The van der Waals surface area contributed by atoms with Crippen LogP contribution in [-0.4, -0.2) is 59.7 Å². The van der Waals surface area contributed by atoms with Crippen LogP contribution < -0.4 is 10.6 Å². The molecule has 0 bridgehead atoms.